The molecule has 1 aromatic rings. The van der Waals surface area contributed by atoms with E-state index in [0.717, 1.165) is 18.5 Å². The first-order valence-corrected chi connectivity index (χ1v) is 6.34. The van der Waals surface area contributed by atoms with Gasteiger partial charge in [0.15, 0.2) is 11.5 Å². The van der Waals surface area contributed by atoms with E-state index in [2.05, 4.69) is 10.6 Å². The molecule has 0 saturated heterocycles. The van der Waals surface area contributed by atoms with Gasteiger partial charge in [0, 0.05) is 18.5 Å². The topological polar surface area (TPSA) is 59.6 Å². The minimum atomic E-state index is 0. The maximum atomic E-state index is 11.6. The number of rotatable bonds is 8. The van der Waals surface area contributed by atoms with Crippen molar-refractivity contribution < 1.29 is 14.3 Å². The number of benzene rings is 1. The van der Waals surface area contributed by atoms with E-state index in [1.807, 2.05) is 25.2 Å². The van der Waals surface area contributed by atoms with E-state index < -0.39 is 0 Å². The molecule has 0 aliphatic rings. The van der Waals surface area contributed by atoms with Gasteiger partial charge in [0.1, 0.15) is 0 Å². The minimum Gasteiger partial charge on any atom is -0.493 e. The first-order chi connectivity index (χ1) is 9.22. The number of carbonyl (C=O) groups excluding carboxylic acids is 1. The van der Waals surface area contributed by atoms with Crippen molar-refractivity contribution in [2.75, 3.05) is 27.8 Å². The average Bonchev–Trinajstić information content (AvgIpc) is 2.44. The summed E-state index contributed by atoms with van der Waals surface area (Å²) in [5.41, 5.74) is 0.906. The highest BCUT2D eigenvalue weighted by Gasteiger charge is 2.10. The number of ether oxygens (including phenoxy) is 2. The van der Waals surface area contributed by atoms with Gasteiger partial charge in [0.25, 0.3) is 0 Å². The lowest BCUT2D eigenvalue weighted by atomic mass is 10.1. The van der Waals surface area contributed by atoms with Crippen molar-refractivity contribution >= 4 is 18.3 Å². The normalized spacial score (nSPS) is 9.55. The van der Waals surface area contributed by atoms with Crippen LogP contribution in [0.15, 0.2) is 18.2 Å². The fourth-order valence-electron chi connectivity index (χ4n) is 1.80. The van der Waals surface area contributed by atoms with Gasteiger partial charge in [-0.25, -0.2) is 0 Å². The molecular weight excluding hydrogens is 280 g/mol. The smallest absolute Gasteiger partial charge is 0.220 e. The van der Waals surface area contributed by atoms with Gasteiger partial charge in [-0.2, -0.15) is 0 Å². The molecule has 20 heavy (non-hydrogen) atoms. The molecule has 0 spiro atoms. The highest BCUT2D eigenvalue weighted by molar-refractivity contribution is 5.85. The summed E-state index contributed by atoms with van der Waals surface area (Å²) in [4.78, 5) is 11.6. The summed E-state index contributed by atoms with van der Waals surface area (Å²) in [6.07, 6.45) is 1.35. The Hall–Kier alpha value is -1.46. The Morgan fingerprint density at radius 2 is 2.00 bits per heavy atom. The van der Waals surface area contributed by atoms with Crippen LogP contribution in [0.5, 0.6) is 11.5 Å². The van der Waals surface area contributed by atoms with Gasteiger partial charge in [-0.15, -0.1) is 12.4 Å². The highest BCUT2D eigenvalue weighted by atomic mass is 35.5. The number of amides is 1. The molecule has 0 aromatic heterocycles. The summed E-state index contributed by atoms with van der Waals surface area (Å²) in [6, 6.07) is 5.62. The molecule has 0 radical (unpaired) electrons. The fraction of sp³-hybridized carbons (Fsp3) is 0.500. The summed E-state index contributed by atoms with van der Waals surface area (Å²) in [7, 11) is 5.06. The first kappa shape index (κ1) is 18.5. The highest BCUT2D eigenvalue weighted by Crippen LogP contribution is 2.30. The van der Waals surface area contributed by atoms with Crippen LogP contribution >= 0.6 is 12.4 Å². The summed E-state index contributed by atoms with van der Waals surface area (Å²) in [5, 5.41) is 5.90. The van der Waals surface area contributed by atoms with Gasteiger partial charge in [-0.3, -0.25) is 4.79 Å². The molecule has 0 saturated carbocycles. The van der Waals surface area contributed by atoms with Crippen molar-refractivity contribution in [1.29, 1.82) is 0 Å². The lowest BCUT2D eigenvalue weighted by Crippen LogP contribution is -2.24. The Bertz CT molecular complexity index is 413. The first-order valence-electron chi connectivity index (χ1n) is 6.34. The predicted molar refractivity (Wildman–Crippen MR) is 81.8 cm³/mol. The Balaban J connectivity index is 0.00000361. The summed E-state index contributed by atoms with van der Waals surface area (Å²) in [6.45, 7) is 1.29. The van der Waals surface area contributed by atoms with Gasteiger partial charge in [-0.1, -0.05) is 12.1 Å². The largest absolute Gasteiger partial charge is 0.493 e. The maximum absolute atomic E-state index is 11.6. The summed E-state index contributed by atoms with van der Waals surface area (Å²) >= 11 is 0. The van der Waals surface area contributed by atoms with Gasteiger partial charge in [0.05, 0.1) is 14.2 Å². The van der Waals surface area contributed by atoms with Crippen LogP contribution in [0.3, 0.4) is 0 Å². The van der Waals surface area contributed by atoms with E-state index >= 15 is 0 Å². The van der Waals surface area contributed by atoms with Gasteiger partial charge >= 0.3 is 0 Å². The van der Waals surface area contributed by atoms with E-state index in [1.54, 1.807) is 14.2 Å². The molecule has 0 fully saturated rings. The second-order valence-electron chi connectivity index (χ2n) is 4.14. The van der Waals surface area contributed by atoms with Gasteiger partial charge < -0.3 is 20.1 Å². The zero-order valence-electron chi connectivity index (χ0n) is 12.2. The maximum Gasteiger partial charge on any atom is 0.220 e. The number of halogens is 1. The lowest BCUT2D eigenvalue weighted by Gasteiger charge is -2.13. The van der Waals surface area contributed by atoms with Crippen LogP contribution in [0.4, 0.5) is 0 Å². The molecule has 1 amide bonds. The average molecular weight is 303 g/mol. The Morgan fingerprint density at radius 3 is 2.60 bits per heavy atom. The number of para-hydroxylation sites is 1. The third kappa shape index (κ3) is 5.67. The molecule has 2 N–H and O–H groups in total. The number of carbonyl (C=O) groups is 1. The van der Waals surface area contributed by atoms with E-state index in [-0.39, 0.29) is 18.3 Å². The second kappa shape index (κ2) is 10.3. The van der Waals surface area contributed by atoms with Crippen molar-refractivity contribution in [1.82, 2.24) is 10.6 Å². The zero-order valence-corrected chi connectivity index (χ0v) is 13.0. The van der Waals surface area contributed by atoms with Crippen molar-refractivity contribution in [3.8, 4) is 11.5 Å². The Kier molecular flexibility index (Phi) is 9.59. The van der Waals surface area contributed by atoms with Crippen LogP contribution in [-0.4, -0.2) is 33.7 Å². The zero-order chi connectivity index (χ0) is 14.1. The predicted octanol–water partition coefficient (Wildman–Crippen LogP) is 1.74. The molecule has 1 aromatic carbocycles. The van der Waals surface area contributed by atoms with Crippen LogP contribution in [0.1, 0.15) is 18.4 Å². The minimum absolute atomic E-state index is 0. The molecule has 0 bridgehead atoms. The van der Waals surface area contributed by atoms with Crippen molar-refractivity contribution in [3.63, 3.8) is 0 Å². The molecule has 0 unspecified atom stereocenters. The molecular formula is C14H23ClN2O3. The quantitative estimate of drug-likeness (QED) is 0.718. The van der Waals surface area contributed by atoms with E-state index in [0.29, 0.717) is 24.5 Å². The molecule has 5 nitrogen and oxygen atoms in total. The third-order valence-corrected chi connectivity index (χ3v) is 2.79. The second-order valence-corrected chi connectivity index (χ2v) is 4.14. The van der Waals surface area contributed by atoms with Crippen LogP contribution in [0.2, 0.25) is 0 Å². The molecule has 0 atom stereocenters. The van der Waals surface area contributed by atoms with Crippen LogP contribution in [-0.2, 0) is 11.3 Å². The van der Waals surface area contributed by atoms with Crippen molar-refractivity contribution in [2.24, 2.45) is 0 Å². The molecule has 6 heteroatoms. The number of nitrogens with one attached hydrogen (secondary N) is 2. The fourth-order valence-corrected chi connectivity index (χ4v) is 1.80. The number of hydrogen-bond acceptors (Lipinski definition) is 4. The van der Waals surface area contributed by atoms with Crippen LogP contribution in [0, 0.1) is 0 Å². The molecule has 0 aliphatic heterocycles. The van der Waals surface area contributed by atoms with Crippen LogP contribution < -0.4 is 20.1 Å². The van der Waals surface area contributed by atoms with Crippen LogP contribution in [0.25, 0.3) is 0 Å². The Morgan fingerprint density at radius 1 is 1.25 bits per heavy atom. The lowest BCUT2D eigenvalue weighted by molar-refractivity contribution is -0.121. The monoisotopic (exact) mass is 302 g/mol. The van der Waals surface area contributed by atoms with E-state index in [1.165, 1.54) is 0 Å². The number of methoxy groups -OCH3 is 2. The molecule has 0 heterocycles. The molecule has 1 rings (SSSR count). The van der Waals surface area contributed by atoms with Gasteiger partial charge in [-0.05, 0) is 26.1 Å². The summed E-state index contributed by atoms with van der Waals surface area (Å²) < 4.78 is 10.5. The SMILES string of the molecule is CNCCCC(=O)NCc1cccc(OC)c1OC.Cl. The van der Waals surface area contributed by atoms with Crippen molar-refractivity contribution in [2.45, 2.75) is 19.4 Å². The summed E-state index contributed by atoms with van der Waals surface area (Å²) in [5.74, 6) is 1.38. The molecule has 114 valence electrons. The van der Waals surface area contributed by atoms with E-state index in [9.17, 15) is 4.79 Å². The number of hydrogen-bond donors (Lipinski definition) is 2. The van der Waals surface area contributed by atoms with Gasteiger partial charge in [0.2, 0.25) is 5.91 Å². The standard InChI is InChI=1S/C14H22N2O3.ClH/c1-15-9-5-8-13(17)16-10-11-6-4-7-12(18-2)14(11)19-3;/h4,6-7,15H,5,8-10H2,1-3H3,(H,16,17);1H. The Labute approximate surface area is 126 Å². The van der Waals surface area contributed by atoms with Crippen molar-refractivity contribution in [3.05, 3.63) is 23.8 Å². The third-order valence-electron chi connectivity index (χ3n) is 2.79. The van der Waals surface area contributed by atoms with E-state index in [4.69, 9.17) is 9.47 Å². The molecule has 0 aliphatic carbocycles.